The minimum atomic E-state index is 0.0297. The van der Waals surface area contributed by atoms with Crippen LogP contribution in [0.5, 0.6) is 0 Å². The van der Waals surface area contributed by atoms with Gasteiger partial charge < -0.3 is 14.7 Å². The van der Waals surface area contributed by atoms with Crippen molar-refractivity contribution in [1.29, 1.82) is 0 Å². The number of likely N-dealkylation sites (N-methyl/N-ethyl adjacent to an activating group) is 1. The van der Waals surface area contributed by atoms with Crippen molar-refractivity contribution in [1.82, 2.24) is 14.7 Å². The van der Waals surface area contributed by atoms with Crippen LogP contribution in [0.3, 0.4) is 0 Å². The van der Waals surface area contributed by atoms with E-state index in [1.54, 1.807) is 11.8 Å². The zero-order chi connectivity index (χ0) is 13.1. The van der Waals surface area contributed by atoms with Crippen molar-refractivity contribution in [3.63, 3.8) is 0 Å². The number of hydrogen-bond acceptors (Lipinski definition) is 3. The highest BCUT2D eigenvalue weighted by molar-refractivity contribution is 5.81. The molecule has 0 N–H and O–H groups in total. The number of piperazine rings is 1. The molecule has 0 aliphatic carbocycles. The molecule has 2 heterocycles. The van der Waals surface area contributed by atoms with Gasteiger partial charge in [0, 0.05) is 46.2 Å². The van der Waals surface area contributed by atoms with E-state index >= 15 is 0 Å². The lowest BCUT2D eigenvalue weighted by molar-refractivity contribution is -0.137. The lowest BCUT2D eigenvalue weighted by Crippen LogP contribution is -2.50. The maximum atomic E-state index is 12.3. The van der Waals surface area contributed by atoms with Crippen LogP contribution in [0, 0.1) is 5.92 Å². The Hall–Kier alpha value is -1.10. The molecule has 2 rings (SSSR count). The molecular formula is C13H23N3O2. The normalized spacial score (nSPS) is 25.6. The minimum Gasteiger partial charge on any atom is -0.342 e. The lowest BCUT2D eigenvalue weighted by Gasteiger charge is -2.35. The molecule has 2 aliphatic heterocycles. The van der Waals surface area contributed by atoms with Crippen molar-refractivity contribution in [3.05, 3.63) is 0 Å². The number of likely N-dealkylation sites (tertiary alicyclic amines) is 1. The summed E-state index contributed by atoms with van der Waals surface area (Å²) in [6, 6.07) is 0. The van der Waals surface area contributed by atoms with Gasteiger partial charge in [0.2, 0.25) is 11.8 Å². The molecule has 102 valence electrons. The Morgan fingerprint density at radius 3 is 2.22 bits per heavy atom. The highest BCUT2D eigenvalue weighted by Gasteiger charge is 2.33. The van der Waals surface area contributed by atoms with Crippen LogP contribution in [-0.4, -0.2) is 72.3 Å². The maximum Gasteiger partial charge on any atom is 0.227 e. The third-order valence-electron chi connectivity index (χ3n) is 4.11. The summed E-state index contributed by atoms with van der Waals surface area (Å²) in [5.74, 6) is 0.359. The van der Waals surface area contributed by atoms with E-state index in [9.17, 15) is 9.59 Å². The van der Waals surface area contributed by atoms with Crippen LogP contribution in [0.15, 0.2) is 0 Å². The summed E-state index contributed by atoms with van der Waals surface area (Å²) >= 11 is 0. The maximum absolute atomic E-state index is 12.3. The van der Waals surface area contributed by atoms with Crippen molar-refractivity contribution < 1.29 is 9.59 Å². The van der Waals surface area contributed by atoms with E-state index < -0.39 is 0 Å². The molecule has 1 unspecified atom stereocenters. The Labute approximate surface area is 109 Å². The van der Waals surface area contributed by atoms with E-state index in [0.717, 1.165) is 45.7 Å². The highest BCUT2D eigenvalue weighted by atomic mass is 16.2. The van der Waals surface area contributed by atoms with Crippen LogP contribution in [0.2, 0.25) is 0 Å². The van der Waals surface area contributed by atoms with E-state index in [4.69, 9.17) is 0 Å². The molecule has 0 spiro atoms. The van der Waals surface area contributed by atoms with Gasteiger partial charge in [-0.25, -0.2) is 0 Å². The fourth-order valence-corrected chi connectivity index (χ4v) is 2.79. The molecule has 2 aliphatic rings. The molecular weight excluding hydrogens is 230 g/mol. The number of amides is 2. The van der Waals surface area contributed by atoms with Crippen LogP contribution < -0.4 is 0 Å². The second kappa shape index (κ2) is 5.69. The van der Waals surface area contributed by atoms with Crippen LogP contribution in [-0.2, 0) is 9.59 Å². The van der Waals surface area contributed by atoms with Crippen LogP contribution >= 0.6 is 0 Å². The smallest absolute Gasteiger partial charge is 0.227 e. The Bertz CT molecular complexity index is 324. The van der Waals surface area contributed by atoms with Gasteiger partial charge in [-0.3, -0.25) is 9.59 Å². The Morgan fingerprint density at radius 2 is 1.72 bits per heavy atom. The topological polar surface area (TPSA) is 43.9 Å². The largest absolute Gasteiger partial charge is 0.342 e. The van der Waals surface area contributed by atoms with Gasteiger partial charge in [-0.15, -0.1) is 0 Å². The average molecular weight is 253 g/mol. The van der Waals surface area contributed by atoms with Gasteiger partial charge in [0.25, 0.3) is 0 Å². The third kappa shape index (κ3) is 2.83. The fraction of sp³-hybridized carbons (Fsp3) is 0.846. The van der Waals surface area contributed by atoms with Crippen LogP contribution in [0.4, 0.5) is 0 Å². The molecule has 0 radical (unpaired) electrons. The molecule has 18 heavy (non-hydrogen) atoms. The van der Waals surface area contributed by atoms with Crippen molar-refractivity contribution in [2.75, 3.05) is 45.8 Å². The summed E-state index contributed by atoms with van der Waals surface area (Å²) in [5.41, 5.74) is 0. The molecule has 0 aromatic carbocycles. The summed E-state index contributed by atoms with van der Waals surface area (Å²) in [6.45, 7) is 9.77. The predicted octanol–water partition coefficient (Wildman–Crippen LogP) is 0.0189. The first kappa shape index (κ1) is 13.3. The zero-order valence-corrected chi connectivity index (χ0v) is 11.4. The predicted molar refractivity (Wildman–Crippen MR) is 69.1 cm³/mol. The van der Waals surface area contributed by atoms with E-state index in [0.29, 0.717) is 6.54 Å². The number of carbonyl (C=O) groups is 2. The summed E-state index contributed by atoms with van der Waals surface area (Å²) in [5, 5.41) is 0. The van der Waals surface area contributed by atoms with Gasteiger partial charge >= 0.3 is 0 Å². The Morgan fingerprint density at radius 1 is 1.06 bits per heavy atom. The number of rotatable bonds is 2. The summed E-state index contributed by atoms with van der Waals surface area (Å²) < 4.78 is 0. The monoisotopic (exact) mass is 253 g/mol. The zero-order valence-electron chi connectivity index (χ0n) is 11.4. The summed E-state index contributed by atoms with van der Waals surface area (Å²) in [6.07, 6.45) is 0.826. The third-order valence-corrected chi connectivity index (χ3v) is 4.11. The van der Waals surface area contributed by atoms with Gasteiger partial charge in [0.1, 0.15) is 0 Å². The van der Waals surface area contributed by atoms with E-state index in [2.05, 4.69) is 11.8 Å². The second-order valence-corrected chi connectivity index (χ2v) is 5.21. The van der Waals surface area contributed by atoms with E-state index in [1.807, 2.05) is 4.90 Å². The number of carbonyl (C=O) groups excluding carboxylic acids is 2. The van der Waals surface area contributed by atoms with Gasteiger partial charge in [0.05, 0.1) is 5.92 Å². The van der Waals surface area contributed by atoms with Crippen molar-refractivity contribution in [3.8, 4) is 0 Å². The molecule has 2 amide bonds. The Balaban J connectivity index is 1.84. The molecule has 5 nitrogen and oxygen atoms in total. The van der Waals surface area contributed by atoms with Gasteiger partial charge in [-0.2, -0.15) is 0 Å². The quantitative estimate of drug-likeness (QED) is 0.697. The molecule has 0 saturated carbocycles. The molecule has 0 aromatic heterocycles. The van der Waals surface area contributed by atoms with Crippen LogP contribution in [0.25, 0.3) is 0 Å². The molecule has 1 atom stereocenters. The molecule has 2 saturated heterocycles. The SMILES string of the molecule is CCN1CCN(C(=O)C2CCN(C(C)=O)C2)CC1. The molecule has 5 heteroatoms. The van der Waals surface area contributed by atoms with Gasteiger partial charge in [0.15, 0.2) is 0 Å². The fourth-order valence-electron chi connectivity index (χ4n) is 2.79. The van der Waals surface area contributed by atoms with E-state index in [-0.39, 0.29) is 17.7 Å². The molecule has 0 bridgehead atoms. The standard InChI is InChI=1S/C13H23N3O2/c1-3-14-6-8-15(9-7-14)13(18)12-4-5-16(10-12)11(2)17/h12H,3-10H2,1-2H3. The first-order valence-corrected chi connectivity index (χ1v) is 6.88. The van der Waals surface area contributed by atoms with Crippen molar-refractivity contribution in [2.24, 2.45) is 5.92 Å². The number of hydrogen-bond donors (Lipinski definition) is 0. The van der Waals surface area contributed by atoms with Gasteiger partial charge in [-0.1, -0.05) is 6.92 Å². The summed E-state index contributed by atoms with van der Waals surface area (Å²) in [4.78, 5) is 29.7. The minimum absolute atomic E-state index is 0.0297. The van der Waals surface area contributed by atoms with Crippen molar-refractivity contribution >= 4 is 11.8 Å². The number of nitrogens with zero attached hydrogens (tertiary/aromatic N) is 3. The van der Waals surface area contributed by atoms with Crippen LogP contribution in [0.1, 0.15) is 20.3 Å². The lowest BCUT2D eigenvalue weighted by atomic mass is 10.1. The first-order valence-electron chi connectivity index (χ1n) is 6.88. The molecule has 0 aromatic rings. The van der Waals surface area contributed by atoms with Gasteiger partial charge in [-0.05, 0) is 13.0 Å². The van der Waals surface area contributed by atoms with Crippen molar-refractivity contribution in [2.45, 2.75) is 20.3 Å². The summed E-state index contributed by atoms with van der Waals surface area (Å²) in [7, 11) is 0. The first-order chi connectivity index (χ1) is 8.61. The molecule has 2 fully saturated rings. The Kier molecular flexibility index (Phi) is 4.22. The second-order valence-electron chi connectivity index (χ2n) is 5.21. The van der Waals surface area contributed by atoms with E-state index in [1.165, 1.54) is 0 Å². The average Bonchev–Trinajstić information content (AvgIpc) is 2.88. The highest BCUT2D eigenvalue weighted by Crippen LogP contribution is 2.19.